The second kappa shape index (κ2) is 12.0. The van der Waals surface area contributed by atoms with E-state index in [1.165, 1.54) is 24.1 Å². The minimum atomic E-state index is -4.13. The number of likely N-dealkylation sites (N-methyl/N-ethyl adjacent to an activating group) is 1. The molecule has 3 rings (SSSR count). The van der Waals surface area contributed by atoms with Crippen molar-refractivity contribution in [2.45, 2.75) is 38.3 Å². The summed E-state index contributed by atoms with van der Waals surface area (Å²) >= 11 is 12.7. The number of carbonyl (C=O) groups excluding carboxylic acids is 2. The Hall–Kier alpha value is -3.07. The minimum Gasteiger partial charge on any atom is -0.357 e. The highest BCUT2D eigenvalue weighted by atomic mass is 35.5. The lowest BCUT2D eigenvalue weighted by molar-refractivity contribution is -0.139. The standard InChI is InChI=1S/C27H29Cl2N3O4S/c1-18-13-14-19(2)25(15-18)32(37(35,36)21-9-6-5-7-10-21)17-26(33)31(20(3)27(34)30-4)16-22-23(28)11-8-12-24(22)29/h5-15,20H,16-17H2,1-4H3,(H,30,34)/t20-/m0/s1. The van der Waals surface area contributed by atoms with Gasteiger partial charge in [0, 0.05) is 29.2 Å². The SMILES string of the molecule is CNC(=O)[C@H](C)N(Cc1c(Cl)cccc1Cl)C(=O)CN(c1cc(C)ccc1C)S(=O)(=O)c1ccccc1. The summed E-state index contributed by atoms with van der Waals surface area (Å²) in [5, 5.41) is 3.20. The molecule has 1 atom stereocenters. The highest BCUT2D eigenvalue weighted by molar-refractivity contribution is 7.92. The average molecular weight is 563 g/mol. The fraction of sp³-hybridized carbons (Fsp3) is 0.259. The van der Waals surface area contributed by atoms with E-state index >= 15 is 0 Å². The van der Waals surface area contributed by atoms with Crippen LogP contribution in [0, 0.1) is 13.8 Å². The number of sulfonamides is 1. The third-order valence-corrected chi connectivity index (χ3v) is 8.53. The monoisotopic (exact) mass is 561 g/mol. The first-order valence-corrected chi connectivity index (χ1v) is 13.8. The molecule has 3 aromatic carbocycles. The molecule has 2 amide bonds. The third kappa shape index (κ3) is 6.44. The van der Waals surface area contributed by atoms with Crippen molar-refractivity contribution < 1.29 is 18.0 Å². The maximum absolute atomic E-state index is 13.8. The molecule has 37 heavy (non-hydrogen) atoms. The first-order chi connectivity index (χ1) is 17.5. The zero-order valence-corrected chi connectivity index (χ0v) is 23.4. The van der Waals surface area contributed by atoms with E-state index in [4.69, 9.17) is 23.2 Å². The van der Waals surface area contributed by atoms with Crippen LogP contribution in [-0.4, -0.2) is 44.8 Å². The quantitative estimate of drug-likeness (QED) is 0.399. The van der Waals surface area contributed by atoms with Gasteiger partial charge in [-0.15, -0.1) is 0 Å². The van der Waals surface area contributed by atoms with Crippen LogP contribution in [0.2, 0.25) is 10.0 Å². The summed E-state index contributed by atoms with van der Waals surface area (Å²) in [7, 11) is -2.66. The lowest BCUT2D eigenvalue weighted by Crippen LogP contribution is -2.50. The van der Waals surface area contributed by atoms with Crippen molar-refractivity contribution in [1.82, 2.24) is 10.2 Å². The summed E-state index contributed by atoms with van der Waals surface area (Å²) in [4.78, 5) is 27.8. The third-order valence-electron chi connectivity index (χ3n) is 6.05. The minimum absolute atomic E-state index is 0.0451. The van der Waals surface area contributed by atoms with Crippen molar-refractivity contribution in [3.63, 3.8) is 0 Å². The zero-order valence-electron chi connectivity index (χ0n) is 21.0. The van der Waals surface area contributed by atoms with Crippen LogP contribution >= 0.6 is 23.2 Å². The Morgan fingerprint density at radius 2 is 1.57 bits per heavy atom. The van der Waals surface area contributed by atoms with Gasteiger partial charge in [0.25, 0.3) is 10.0 Å². The molecule has 196 valence electrons. The van der Waals surface area contributed by atoms with Crippen molar-refractivity contribution >= 4 is 50.7 Å². The first kappa shape index (κ1) is 28.5. The van der Waals surface area contributed by atoms with Crippen molar-refractivity contribution in [3.8, 4) is 0 Å². The van der Waals surface area contributed by atoms with Gasteiger partial charge in [0.15, 0.2) is 0 Å². The molecule has 0 radical (unpaired) electrons. The molecule has 3 aromatic rings. The van der Waals surface area contributed by atoms with E-state index in [1.54, 1.807) is 62.4 Å². The Morgan fingerprint density at radius 3 is 2.16 bits per heavy atom. The number of carbonyl (C=O) groups is 2. The first-order valence-electron chi connectivity index (χ1n) is 11.6. The molecular formula is C27H29Cl2N3O4S. The highest BCUT2D eigenvalue weighted by Gasteiger charge is 2.33. The number of nitrogens with zero attached hydrogens (tertiary/aromatic N) is 2. The van der Waals surface area contributed by atoms with E-state index < -0.39 is 34.4 Å². The Kier molecular flexibility index (Phi) is 9.23. The Morgan fingerprint density at radius 1 is 0.946 bits per heavy atom. The van der Waals surface area contributed by atoms with Crippen LogP contribution in [0.4, 0.5) is 5.69 Å². The van der Waals surface area contributed by atoms with Gasteiger partial charge in [-0.1, -0.05) is 59.6 Å². The average Bonchev–Trinajstić information content (AvgIpc) is 2.88. The Labute approximate surface area is 228 Å². The van der Waals surface area contributed by atoms with Gasteiger partial charge in [-0.3, -0.25) is 13.9 Å². The van der Waals surface area contributed by atoms with E-state index in [0.29, 0.717) is 26.9 Å². The number of hydrogen-bond donors (Lipinski definition) is 1. The summed E-state index contributed by atoms with van der Waals surface area (Å²) in [6, 6.07) is 17.3. The van der Waals surface area contributed by atoms with E-state index in [1.807, 2.05) is 13.0 Å². The number of hydrogen-bond acceptors (Lipinski definition) is 4. The predicted octanol–water partition coefficient (Wildman–Crippen LogP) is 4.97. The fourth-order valence-corrected chi connectivity index (χ4v) is 5.87. The lowest BCUT2D eigenvalue weighted by Gasteiger charge is -2.32. The van der Waals surface area contributed by atoms with Crippen LogP contribution in [0.3, 0.4) is 0 Å². The molecule has 0 heterocycles. The van der Waals surface area contributed by atoms with Crippen molar-refractivity contribution in [2.24, 2.45) is 0 Å². The van der Waals surface area contributed by atoms with Crippen molar-refractivity contribution in [3.05, 3.63) is 93.5 Å². The summed E-state index contributed by atoms with van der Waals surface area (Å²) in [6.07, 6.45) is 0. The molecule has 1 N–H and O–H groups in total. The normalized spacial score (nSPS) is 12.1. The second-order valence-electron chi connectivity index (χ2n) is 8.63. The van der Waals surface area contributed by atoms with Crippen LogP contribution in [0.25, 0.3) is 0 Å². The largest absolute Gasteiger partial charge is 0.357 e. The van der Waals surface area contributed by atoms with Crippen LogP contribution in [0.1, 0.15) is 23.6 Å². The number of anilines is 1. The molecule has 0 aliphatic heterocycles. The Balaban J connectivity index is 2.10. The van der Waals surface area contributed by atoms with Gasteiger partial charge in [-0.05, 0) is 62.2 Å². The summed E-state index contributed by atoms with van der Waals surface area (Å²) in [5.41, 5.74) is 2.34. The smallest absolute Gasteiger partial charge is 0.264 e. The summed E-state index contributed by atoms with van der Waals surface area (Å²) in [5.74, 6) is -1.01. The number of benzene rings is 3. The number of nitrogens with one attached hydrogen (secondary N) is 1. The molecule has 0 spiro atoms. The molecular weight excluding hydrogens is 533 g/mol. The highest BCUT2D eigenvalue weighted by Crippen LogP contribution is 2.30. The molecule has 0 bridgehead atoms. The van der Waals surface area contributed by atoms with Crippen LogP contribution in [0.15, 0.2) is 71.6 Å². The molecule has 7 nitrogen and oxygen atoms in total. The maximum atomic E-state index is 13.8. The topological polar surface area (TPSA) is 86.8 Å². The van der Waals surface area contributed by atoms with E-state index in [-0.39, 0.29) is 11.4 Å². The van der Waals surface area contributed by atoms with Gasteiger partial charge in [0.1, 0.15) is 12.6 Å². The van der Waals surface area contributed by atoms with Gasteiger partial charge in [0.05, 0.1) is 10.6 Å². The summed E-state index contributed by atoms with van der Waals surface area (Å²) < 4.78 is 28.7. The fourth-order valence-electron chi connectivity index (χ4n) is 3.87. The van der Waals surface area contributed by atoms with Gasteiger partial charge >= 0.3 is 0 Å². The predicted molar refractivity (Wildman–Crippen MR) is 147 cm³/mol. The van der Waals surface area contributed by atoms with Gasteiger partial charge in [-0.25, -0.2) is 8.42 Å². The molecule has 0 aliphatic rings. The van der Waals surface area contributed by atoms with Gasteiger partial charge in [-0.2, -0.15) is 0 Å². The molecule has 0 saturated heterocycles. The van der Waals surface area contributed by atoms with E-state index in [2.05, 4.69) is 5.32 Å². The number of halogens is 2. The zero-order chi connectivity index (χ0) is 27.3. The number of amides is 2. The lowest BCUT2D eigenvalue weighted by atomic mass is 10.1. The Bertz CT molecular complexity index is 1380. The van der Waals surface area contributed by atoms with Gasteiger partial charge in [0.2, 0.25) is 11.8 Å². The molecule has 0 saturated carbocycles. The maximum Gasteiger partial charge on any atom is 0.264 e. The van der Waals surface area contributed by atoms with Crippen molar-refractivity contribution in [2.75, 3.05) is 17.9 Å². The molecule has 0 unspecified atom stereocenters. The second-order valence-corrected chi connectivity index (χ2v) is 11.3. The number of rotatable bonds is 9. The van der Waals surface area contributed by atoms with Crippen LogP contribution < -0.4 is 9.62 Å². The van der Waals surface area contributed by atoms with Crippen LogP contribution in [-0.2, 0) is 26.2 Å². The summed E-state index contributed by atoms with van der Waals surface area (Å²) in [6.45, 7) is 4.57. The van der Waals surface area contributed by atoms with Gasteiger partial charge < -0.3 is 10.2 Å². The molecule has 10 heteroatoms. The molecule has 0 aromatic heterocycles. The van der Waals surface area contributed by atoms with Crippen LogP contribution in [0.5, 0.6) is 0 Å². The number of aryl methyl sites for hydroxylation is 2. The van der Waals surface area contributed by atoms with E-state index in [0.717, 1.165) is 9.87 Å². The molecule has 0 fully saturated rings. The van der Waals surface area contributed by atoms with Crippen molar-refractivity contribution in [1.29, 1.82) is 0 Å². The van der Waals surface area contributed by atoms with E-state index in [9.17, 15) is 18.0 Å². The molecule has 0 aliphatic carbocycles.